The molecule has 0 bridgehead atoms. The van der Waals surface area contributed by atoms with Gasteiger partial charge in [0.05, 0.1) is 5.52 Å². The van der Waals surface area contributed by atoms with Gasteiger partial charge in [-0.2, -0.15) is 0 Å². The maximum absolute atomic E-state index is 6.30. The third kappa shape index (κ3) is 2.67. The standard InChI is InChI=1S/C17H15ClN2/c18-14-7-5-12(6-8-14)16(19)11-13-9-10-20-17-4-2-1-3-15(13)17/h1-10,16H,11,19H2. The lowest BCUT2D eigenvalue weighted by Crippen LogP contribution is -2.13. The Morgan fingerprint density at radius 1 is 1.00 bits per heavy atom. The van der Waals surface area contributed by atoms with Crippen molar-refractivity contribution in [1.82, 2.24) is 4.98 Å². The van der Waals surface area contributed by atoms with Crippen LogP contribution in [0, 0.1) is 0 Å². The van der Waals surface area contributed by atoms with E-state index in [0.29, 0.717) is 0 Å². The van der Waals surface area contributed by atoms with Gasteiger partial charge in [0.15, 0.2) is 0 Å². The van der Waals surface area contributed by atoms with Gasteiger partial charge in [-0.25, -0.2) is 0 Å². The normalized spacial score (nSPS) is 12.5. The van der Waals surface area contributed by atoms with E-state index in [1.54, 1.807) is 0 Å². The lowest BCUT2D eigenvalue weighted by Gasteiger charge is -2.13. The number of rotatable bonds is 3. The smallest absolute Gasteiger partial charge is 0.0704 e. The summed E-state index contributed by atoms with van der Waals surface area (Å²) < 4.78 is 0. The van der Waals surface area contributed by atoms with Gasteiger partial charge in [-0.1, -0.05) is 41.9 Å². The van der Waals surface area contributed by atoms with Crippen LogP contribution in [0.3, 0.4) is 0 Å². The van der Waals surface area contributed by atoms with Gasteiger partial charge in [0.2, 0.25) is 0 Å². The first-order chi connectivity index (χ1) is 9.74. The molecule has 0 aliphatic rings. The van der Waals surface area contributed by atoms with Crippen LogP contribution >= 0.6 is 11.6 Å². The molecule has 0 aliphatic heterocycles. The van der Waals surface area contributed by atoms with Crippen LogP contribution in [0.15, 0.2) is 60.8 Å². The fourth-order valence-electron chi connectivity index (χ4n) is 2.40. The van der Waals surface area contributed by atoms with Crippen LogP contribution < -0.4 is 5.73 Å². The lowest BCUT2D eigenvalue weighted by molar-refractivity contribution is 0.725. The highest BCUT2D eigenvalue weighted by Crippen LogP contribution is 2.23. The third-order valence-corrected chi connectivity index (χ3v) is 3.73. The van der Waals surface area contributed by atoms with Crippen LogP contribution in [0.2, 0.25) is 5.02 Å². The van der Waals surface area contributed by atoms with E-state index in [0.717, 1.165) is 22.5 Å². The Bertz CT molecular complexity index is 717. The Morgan fingerprint density at radius 2 is 1.75 bits per heavy atom. The molecule has 0 fully saturated rings. The Hall–Kier alpha value is -1.90. The Morgan fingerprint density at radius 3 is 2.55 bits per heavy atom. The molecule has 0 aliphatic carbocycles. The summed E-state index contributed by atoms with van der Waals surface area (Å²) in [6, 6.07) is 17.9. The van der Waals surface area contributed by atoms with E-state index < -0.39 is 0 Å². The summed E-state index contributed by atoms with van der Waals surface area (Å²) in [5.41, 5.74) is 9.63. The largest absolute Gasteiger partial charge is 0.324 e. The molecule has 2 nitrogen and oxygen atoms in total. The predicted molar refractivity (Wildman–Crippen MR) is 83.8 cm³/mol. The zero-order valence-corrected chi connectivity index (χ0v) is 11.7. The Kier molecular flexibility index (Phi) is 3.68. The van der Waals surface area contributed by atoms with Crippen molar-refractivity contribution < 1.29 is 0 Å². The van der Waals surface area contributed by atoms with E-state index in [-0.39, 0.29) is 6.04 Å². The van der Waals surface area contributed by atoms with Crippen molar-refractivity contribution in [2.75, 3.05) is 0 Å². The van der Waals surface area contributed by atoms with Crippen LogP contribution in [-0.4, -0.2) is 4.98 Å². The summed E-state index contributed by atoms with van der Waals surface area (Å²) in [6.45, 7) is 0. The monoisotopic (exact) mass is 282 g/mol. The van der Waals surface area contributed by atoms with E-state index in [4.69, 9.17) is 17.3 Å². The maximum Gasteiger partial charge on any atom is 0.0704 e. The molecule has 0 amide bonds. The Balaban J connectivity index is 1.91. The lowest BCUT2D eigenvalue weighted by atomic mass is 9.97. The molecule has 0 saturated carbocycles. The summed E-state index contributed by atoms with van der Waals surface area (Å²) in [5, 5.41) is 1.90. The molecule has 100 valence electrons. The minimum absolute atomic E-state index is 0.0435. The molecule has 20 heavy (non-hydrogen) atoms. The van der Waals surface area contributed by atoms with Gasteiger partial charge in [-0.3, -0.25) is 4.98 Å². The number of benzene rings is 2. The van der Waals surface area contributed by atoms with E-state index in [1.807, 2.05) is 54.7 Å². The van der Waals surface area contributed by atoms with Gasteiger partial charge in [0.1, 0.15) is 0 Å². The van der Waals surface area contributed by atoms with Crippen molar-refractivity contribution in [2.45, 2.75) is 12.5 Å². The van der Waals surface area contributed by atoms with Crippen molar-refractivity contribution in [2.24, 2.45) is 5.73 Å². The first kappa shape index (κ1) is 13.1. The summed E-state index contributed by atoms with van der Waals surface area (Å²) in [6.07, 6.45) is 2.62. The molecule has 3 heteroatoms. The second-order valence-corrected chi connectivity index (χ2v) is 5.29. The molecule has 0 spiro atoms. The van der Waals surface area contributed by atoms with Crippen LogP contribution in [0.5, 0.6) is 0 Å². The number of nitrogens with zero attached hydrogens (tertiary/aromatic N) is 1. The quantitative estimate of drug-likeness (QED) is 0.784. The molecular formula is C17H15ClN2. The third-order valence-electron chi connectivity index (χ3n) is 3.48. The molecule has 0 saturated heterocycles. The van der Waals surface area contributed by atoms with Crippen molar-refractivity contribution in [3.63, 3.8) is 0 Å². The molecule has 3 rings (SSSR count). The van der Waals surface area contributed by atoms with Crippen molar-refractivity contribution in [3.8, 4) is 0 Å². The molecule has 1 unspecified atom stereocenters. The number of fused-ring (bicyclic) bond motifs is 1. The van der Waals surface area contributed by atoms with Gasteiger partial charge in [-0.15, -0.1) is 0 Å². The van der Waals surface area contributed by atoms with Gasteiger partial charge < -0.3 is 5.73 Å². The summed E-state index contributed by atoms with van der Waals surface area (Å²) in [7, 11) is 0. The van der Waals surface area contributed by atoms with E-state index in [9.17, 15) is 0 Å². The van der Waals surface area contributed by atoms with Crippen molar-refractivity contribution in [1.29, 1.82) is 0 Å². The van der Waals surface area contributed by atoms with Crippen LogP contribution in [-0.2, 0) is 6.42 Å². The average Bonchev–Trinajstić information content (AvgIpc) is 2.48. The first-order valence-corrected chi connectivity index (χ1v) is 6.95. The molecule has 2 aromatic carbocycles. The number of halogens is 1. The van der Waals surface area contributed by atoms with Crippen molar-refractivity contribution >= 4 is 22.5 Å². The Labute approximate surface area is 123 Å². The molecule has 1 atom stereocenters. The number of nitrogens with two attached hydrogens (primary N) is 1. The summed E-state index contributed by atoms with van der Waals surface area (Å²) >= 11 is 5.91. The minimum Gasteiger partial charge on any atom is -0.324 e. The fraction of sp³-hybridized carbons (Fsp3) is 0.118. The molecule has 1 aromatic heterocycles. The molecule has 2 N–H and O–H groups in total. The number of aromatic nitrogens is 1. The molecule has 0 radical (unpaired) electrons. The van der Waals surface area contributed by atoms with Crippen LogP contribution in [0.4, 0.5) is 0 Å². The summed E-state index contributed by atoms with van der Waals surface area (Å²) in [4.78, 5) is 4.38. The van der Waals surface area contributed by atoms with Crippen LogP contribution in [0.1, 0.15) is 17.2 Å². The number of para-hydroxylation sites is 1. The number of hydrogen-bond acceptors (Lipinski definition) is 2. The van der Waals surface area contributed by atoms with Gasteiger partial charge in [-0.05, 0) is 41.8 Å². The topological polar surface area (TPSA) is 38.9 Å². The summed E-state index contributed by atoms with van der Waals surface area (Å²) in [5.74, 6) is 0. The predicted octanol–water partition coefficient (Wildman–Crippen LogP) is 4.13. The van der Waals surface area contributed by atoms with E-state index in [1.165, 1.54) is 10.9 Å². The number of hydrogen-bond donors (Lipinski definition) is 1. The van der Waals surface area contributed by atoms with E-state index >= 15 is 0 Å². The molecule has 1 heterocycles. The average molecular weight is 283 g/mol. The second-order valence-electron chi connectivity index (χ2n) is 4.85. The van der Waals surface area contributed by atoms with E-state index in [2.05, 4.69) is 11.1 Å². The minimum atomic E-state index is -0.0435. The van der Waals surface area contributed by atoms with Crippen LogP contribution in [0.25, 0.3) is 10.9 Å². The van der Waals surface area contributed by atoms with Gasteiger partial charge in [0.25, 0.3) is 0 Å². The zero-order valence-electron chi connectivity index (χ0n) is 11.0. The fourth-order valence-corrected chi connectivity index (χ4v) is 2.52. The molecule has 3 aromatic rings. The highest BCUT2D eigenvalue weighted by Gasteiger charge is 2.09. The maximum atomic E-state index is 6.30. The van der Waals surface area contributed by atoms with Gasteiger partial charge in [0, 0.05) is 22.6 Å². The van der Waals surface area contributed by atoms with Crippen molar-refractivity contribution in [3.05, 3.63) is 76.9 Å². The second kappa shape index (κ2) is 5.61. The highest BCUT2D eigenvalue weighted by molar-refractivity contribution is 6.30. The highest BCUT2D eigenvalue weighted by atomic mass is 35.5. The zero-order chi connectivity index (χ0) is 13.9. The SMILES string of the molecule is NC(Cc1ccnc2ccccc12)c1ccc(Cl)cc1. The molecular weight excluding hydrogens is 268 g/mol. The van der Waals surface area contributed by atoms with Gasteiger partial charge >= 0.3 is 0 Å². The number of pyridine rings is 1. The first-order valence-electron chi connectivity index (χ1n) is 6.58.